The molecule has 10 aliphatic rings. The number of rotatable bonds is 11. The predicted octanol–water partition coefficient (Wildman–Crippen LogP) is 0.256. The fraction of sp³-hybridized carbons (Fsp3) is 0.350. The number of ketones is 6. The average Bonchev–Trinajstić information content (AvgIpc) is 0.674. The van der Waals surface area contributed by atoms with Crippen LogP contribution in [-0.2, 0) is 54.4 Å². The van der Waals surface area contributed by atoms with Crippen LogP contribution >= 0.6 is 0 Å². The van der Waals surface area contributed by atoms with Crippen LogP contribution in [0.3, 0.4) is 0 Å². The summed E-state index contributed by atoms with van der Waals surface area (Å²) in [5, 5.41) is 115. The van der Waals surface area contributed by atoms with E-state index in [2.05, 4.69) is 30.7 Å². The maximum Gasteiger partial charge on any atom is 0.293 e. The van der Waals surface area contributed by atoms with Gasteiger partial charge in [0.1, 0.15) is 68.5 Å². The van der Waals surface area contributed by atoms with Gasteiger partial charge in [0, 0.05) is 82.3 Å². The van der Waals surface area contributed by atoms with Gasteiger partial charge in [-0.1, -0.05) is 36.4 Å². The number of hydrogen-bond acceptors (Lipinski definition) is 24. The van der Waals surface area contributed by atoms with Gasteiger partial charge in [-0.15, -0.1) is 0 Å². The molecule has 21 N–H and O–H groups in total. The number of amides is 3. The first kappa shape index (κ1) is 37.8. The van der Waals surface area contributed by atoms with Crippen molar-refractivity contribution in [2.24, 2.45) is 52.6 Å². The van der Waals surface area contributed by atoms with Gasteiger partial charge < -0.3 is 93.8 Å². The van der Waals surface area contributed by atoms with E-state index in [1.807, 2.05) is 0 Å². The third kappa shape index (κ3) is 7.99. The number of hydrogen-bond donors (Lipinski definition) is 18. The van der Waals surface area contributed by atoms with Gasteiger partial charge >= 0.3 is 0 Å². The molecular formula is C60H57N3O24. The zero-order valence-corrected chi connectivity index (χ0v) is 44.4. The van der Waals surface area contributed by atoms with Gasteiger partial charge in [-0.2, -0.15) is 0 Å². The Labute approximate surface area is 522 Å². The number of aliphatic hydroxyl groups excluding tert-OH is 7. The molecule has 0 heterocycles. The number of carbonyl (C=O) groups is 9. The van der Waals surface area contributed by atoms with E-state index in [1.54, 1.807) is 0 Å². The van der Waals surface area contributed by atoms with E-state index in [-0.39, 0.29) is 33.8 Å². The molecule has 2 aromatic rings. The van der Waals surface area contributed by atoms with Gasteiger partial charge in [0.2, 0.25) is 28.9 Å². The Kier molecular flexibility index (Phi) is 8.48. The third-order valence-corrected chi connectivity index (χ3v) is 17.2. The van der Waals surface area contributed by atoms with Crippen LogP contribution in [0.5, 0.6) is 11.5 Å². The molecule has 27 nitrogen and oxygen atoms in total. The molecule has 2 saturated carbocycles. The molecule has 0 radical (unpaired) electrons. The second-order valence-corrected chi connectivity index (χ2v) is 21.8. The number of fused-ring (bicyclic) bond motifs is 9. The molecule has 456 valence electrons. The lowest BCUT2D eigenvalue weighted by atomic mass is 9.55. The van der Waals surface area contributed by atoms with Crippen LogP contribution in [0.4, 0.5) is 0 Å². The van der Waals surface area contributed by atoms with Gasteiger partial charge in [-0.05, 0) is 74.9 Å². The molecule has 12 rings (SSSR count). The van der Waals surface area contributed by atoms with Crippen LogP contribution in [0.15, 0.2) is 128 Å². The Morgan fingerprint density at radius 1 is 0.586 bits per heavy atom. The molecule has 6 unspecified atom stereocenters. The van der Waals surface area contributed by atoms with Crippen molar-refractivity contribution in [3.05, 3.63) is 150 Å². The number of allylic oxidation sites excluding steroid dienone is 6. The normalized spacial score (nSPS) is 42.0. The second-order valence-electron chi connectivity index (χ2n) is 21.8. The molecule has 0 spiro atoms. The number of aliphatic hydroxyl groups is 13. The SMILES string of the molecule is [2H]C1=C([2H])C([2H])=C2C(=C(O)C3=C(O)[C@]4(O)C(O)=C(C(N)=O)C(=O)C([2H])([2H])C4CC3([2H])[C@]2(C)O)C1=O.[2H]OC1=C(C(=O)N([2H])[2H])C(=O)[C@@]2(O[2H])C(=O)C3=C(O)c4c(O[2H])cccc4[C@@](C)(O[2H])C3([2H])CC2C1([2H])[2H].[2H]OC1=C(C(=O)N([2H])[2H])C(=O)[C@@]2(O[2H])C(=O)C3=C(O)c4c(O[2H])cccc4[C@@](C)(O[2H])C3CC2C1([2H])[2H]. The van der Waals surface area contributed by atoms with E-state index in [9.17, 15) is 80.3 Å². The minimum absolute atomic E-state index is 0.0919. The number of phenolic OH excluding ortho intramolecular Hbond substituents is 2. The number of Topliss-reactive ketones (excluding diaryl/α,β-unsaturated/α-hetero) is 5. The van der Waals surface area contributed by atoms with Crippen molar-refractivity contribution in [2.45, 2.75) is 92.8 Å². The molecule has 2 aromatic carbocycles. The largest absolute Gasteiger partial charge is 0.511 e. The fourth-order valence-corrected chi connectivity index (χ4v) is 12.8. The van der Waals surface area contributed by atoms with Crippen molar-refractivity contribution < 1.29 is 140 Å². The Morgan fingerprint density at radius 2 is 1.09 bits per heavy atom. The third-order valence-electron chi connectivity index (χ3n) is 17.2. The van der Waals surface area contributed by atoms with Crippen molar-refractivity contribution in [2.75, 3.05) is 0 Å². The first-order valence-electron chi connectivity index (χ1n) is 36.0. The highest BCUT2D eigenvalue weighted by Gasteiger charge is 2.67. The molecule has 0 saturated heterocycles. The molecule has 87 heavy (non-hydrogen) atoms. The Balaban J connectivity index is 0.000000176. The van der Waals surface area contributed by atoms with Crippen molar-refractivity contribution in [1.29, 1.82) is 11.4 Å². The zero-order valence-electron chi connectivity index (χ0n) is 67.4. The van der Waals surface area contributed by atoms with E-state index in [4.69, 9.17) is 46.8 Å². The van der Waals surface area contributed by atoms with Crippen molar-refractivity contribution in [1.82, 2.24) is 0 Å². The van der Waals surface area contributed by atoms with Crippen molar-refractivity contribution in [3.63, 3.8) is 0 Å². The number of primary amides is 3. The van der Waals surface area contributed by atoms with Gasteiger partial charge in [-0.3, -0.25) is 43.2 Å². The van der Waals surface area contributed by atoms with Crippen molar-refractivity contribution in [3.8, 4) is 11.5 Å². The quantitative estimate of drug-likeness (QED) is 0.106. The molecule has 3 amide bonds. The summed E-state index contributed by atoms with van der Waals surface area (Å²) in [7, 11) is 0. The molecule has 0 aromatic heterocycles. The summed E-state index contributed by atoms with van der Waals surface area (Å²) in [5.74, 6) is -36.8. The number of aromatic hydroxyl groups is 2. The Hall–Kier alpha value is -9.51. The maximum absolute atomic E-state index is 14.1. The van der Waals surface area contributed by atoms with Crippen molar-refractivity contribution >= 4 is 63.9 Å². The van der Waals surface area contributed by atoms with E-state index in [0.29, 0.717) is 0 Å². The molecule has 10 aliphatic carbocycles. The minimum atomic E-state index is -3.30. The van der Waals surface area contributed by atoms with Gasteiger partial charge in [0.25, 0.3) is 23.4 Å². The lowest BCUT2D eigenvalue weighted by Crippen LogP contribution is -2.63. The monoisotopic (exact) mass is 1230 g/mol. The van der Waals surface area contributed by atoms with Gasteiger partial charge in [0.15, 0.2) is 34.0 Å². The Bertz CT molecular complexity index is 4900. The Morgan fingerprint density at radius 3 is 1.60 bits per heavy atom. The zero-order chi connectivity index (χ0) is 83.0. The van der Waals surface area contributed by atoms with Crippen LogP contribution in [0, 0.1) is 35.5 Å². The predicted molar refractivity (Wildman–Crippen MR) is 292 cm³/mol. The number of benzene rings is 2. The molecule has 12 atom stereocenters. The topological polar surface area (TPSA) is 535 Å². The smallest absolute Gasteiger partial charge is 0.293 e. The number of carbonyl (C=O) groups excluding carboxylic acids is 9. The summed E-state index contributed by atoms with van der Waals surface area (Å²) in [4.78, 5) is 118. The second kappa shape index (κ2) is 19.5. The van der Waals surface area contributed by atoms with E-state index >= 15 is 0 Å². The highest BCUT2D eigenvalue weighted by atomic mass is 16.4. The summed E-state index contributed by atoms with van der Waals surface area (Å²) >= 11 is 0. The van der Waals surface area contributed by atoms with Gasteiger partial charge in [-0.25, -0.2) is 0 Å². The summed E-state index contributed by atoms with van der Waals surface area (Å²) in [6.45, 7) is 3.42. The minimum Gasteiger partial charge on any atom is -0.511 e. The summed E-state index contributed by atoms with van der Waals surface area (Å²) in [6, 6.07) is 5.16. The molecular weight excluding hydrogens is 1150 g/mol. The molecule has 2 fully saturated rings. The van der Waals surface area contributed by atoms with Crippen LogP contribution in [0.1, 0.15) is 96.5 Å². The van der Waals surface area contributed by atoms with E-state index < -0.39 is 274 Å². The summed E-state index contributed by atoms with van der Waals surface area (Å²) < 4.78 is 182. The lowest BCUT2D eigenvalue weighted by molar-refractivity contribution is -0.163. The molecule has 0 bridgehead atoms. The van der Waals surface area contributed by atoms with Crippen LogP contribution in [0.2, 0.25) is 5.65 Å². The summed E-state index contributed by atoms with van der Waals surface area (Å²) in [6.07, 6.45) is -12.1. The fourth-order valence-electron chi connectivity index (χ4n) is 12.8. The number of phenols is 2. The molecule has 27 heteroatoms. The van der Waals surface area contributed by atoms with Crippen LogP contribution in [-0.4, -0.2) is 160 Å². The standard InChI is InChI=1S/3C20H19NO8/c3*1-19(28)8-3-2-4-10(22)12(8)15(24)13-9(19)5-7-6-11(23)14(18(21)27)17(26)20(7,29)16(13)25/h2-4,7,9,24-26,28-29H,5-6H2,1H3,(H2,21,27);2*2-4,7,9,22-24,28-29H,5-6H2,1H3,(H2,21,27)/t3*7?,9?,19-,20+/m111/s1/i2D,3D,4D,6D2,9D;6D2,9D,28D,29D;6D2,28D,29D/hD8. The number of nitrogens with two attached hydrogens (primary N) is 3. The highest BCUT2D eigenvalue weighted by molar-refractivity contribution is 6.34. The van der Waals surface area contributed by atoms with Gasteiger partial charge in [0.05, 0.1) is 37.6 Å². The maximum atomic E-state index is 14.1. The molecule has 0 aliphatic heterocycles. The first-order chi connectivity index (χ1) is 50.8. The van der Waals surface area contributed by atoms with Crippen LogP contribution in [0.25, 0.3) is 14.4 Å². The highest BCUT2D eigenvalue weighted by Crippen LogP contribution is 2.60. The summed E-state index contributed by atoms with van der Waals surface area (Å²) in [5.41, 5.74) is -21.5. The lowest BCUT2D eigenvalue weighted by Gasteiger charge is -2.50. The first-order valence-corrected chi connectivity index (χ1v) is 25.4. The van der Waals surface area contributed by atoms with E-state index in [1.165, 1.54) is 50.2 Å². The average molecular weight is 1230 g/mol. The van der Waals surface area contributed by atoms with Crippen LogP contribution < -0.4 is 17.2 Å². The van der Waals surface area contributed by atoms with E-state index in [0.717, 1.165) is 6.92 Å².